The standard InChI is InChI=1S/C13H16O2/c14-12-8-9-15-13(10-12)7-6-11-4-2-1-3-5-11/h1-5,13H,6-10H2/t13-/m0/s1. The normalized spacial score (nSPS) is 21.6. The van der Waals surface area contributed by atoms with Gasteiger partial charge in [0, 0.05) is 12.8 Å². The Hall–Kier alpha value is -1.15. The zero-order valence-electron chi connectivity index (χ0n) is 8.82. The van der Waals surface area contributed by atoms with Crippen LogP contribution in [0.3, 0.4) is 0 Å². The molecule has 2 rings (SSSR count). The van der Waals surface area contributed by atoms with E-state index < -0.39 is 0 Å². The van der Waals surface area contributed by atoms with Crippen LogP contribution in [-0.4, -0.2) is 18.5 Å². The van der Waals surface area contributed by atoms with Gasteiger partial charge < -0.3 is 4.74 Å². The molecule has 2 nitrogen and oxygen atoms in total. The molecular weight excluding hydrogens is 188 g/mol. The summed E-state index contributed by atoms with van der Waals surface area (Å²) in [5.74, 6) is 0.347. The van der Waals surface area contributed by atoms with Gasteiger partial charge in [-0.05, 0) is 18.4 Å². The van der Waals surface area contributed by atoms with Gasteiger partial charge in [-0.15, -0.1) is 0 Å². The van der Waals surface area contributed by atoms with Crippen molar-refractivity contribution in [3.8, 4) is 0 Å². The smallest absolute Gasteiger partial charge is 0.137 e. The molecule has 15 heavy (non-hydrogen) atoms. The number of rotatable bonds is 3. The van der Waals surface area contributed by atoms with E-state index in [0.717, 1.165) is 12.8 Å². The van der Waals surface area contributed by atoms with Crippen LogP contribution in [0.2, 0.25) is 0 Å². The largest absolute Gasteiger partial charge is 0.377 e. The Labute approximate surface area is 90.3 Å². The summed E-state index contributed by atoms with van der Waals surface area (Å²) in [5, 5.41) is 0. The zero-order chi connectivity index (χ0) is 10.5. The third kappa shape index (κ3) is 3.17. The molecule has 0 N–H and O–H groups in total. The van der Waals surface area contributed by atoms with Crippen molar-refractivity contribution in [1.29, 1.82) is 0 Å². The highest BCUT2D eigenvalue weighted by molar-refractivity contribution is 5.79. The maximum atomic E-state index is 11.2. The lowest BCUT2D eigenvalue weighted by molar-refractivity contribution is -0.128. The minimum Gasteiger partial charge on any atom is -0.377 e. The van der Waals surface area contributed by atoms with Crippen LogP contribution in [0.5, 0.6) is 0 Å². The van der Waals surface area contributed by atoms with Crippen molar-refractivity contribution in [2.24, 2.45) is 0 Å². The molecule has 2 heteroatoms. The van der Waals surface area contributed by atoms with Crippen LogP contribution in [0.4, 0.5) is 0 Å². The minimum atomic E-state index is 0.145. The van der Waals surface area contributed by atoms with Crippen LogP contribution in [-0.2, 0) is 16.0 Å². The SMILES string of the molecule is O=C1CCO[C@@H](CCc2ccccc2)C1. The molecule has 1 fully saturated rings. The second-order valence-electron chi connectivity index (χ2n) is 4.01. The maximum absolute atomic E-state index is 11.2. The number of aryl methyl sites for hydroxylation is 1. The van der Waals surface area contributed by atoms with Crippen molar-refractivity contribution < 1.29 is 9.53 Å². The van der Waals surface area contributed by atoms with E-state index in [0.29, 0.717) is 25.2 Å². The van der Waals surface area contributed by atoms with Crippen LogP contribution in [0.15, 0.2) is 30.3 Å². The molecule has 1 aromatic rings. The number of ketones is 1. The molecule has 1 atom stereocenters. The van der Waals surface area contributed by atoms with E-state index in [-0.39, 0.29) is 6.10 Å². The average molecular weight is 204 g/mol. The fraction of sp³-hybridized carbons (Fsp3) is 0.462. The fourth-order valence-electron chi connectivity index (χ4n) is 1.91. The Bertz CT molecular complexity index is 319. The first-order valence-corrected chi connectivity index (χ1v) is 5.52. The number of carbonyl (C=O) groups is 1. The number of hydrogen-bond acceptors (Lipinski definition) is 2. The van der Waals surface area contributed by atoms with Crippen molar-refractivity contribution in [1.82, 2.24) is 0 Å². The van der Waals surface area contributed by atoms with E-state index >= 15 is 0 Å². The van der Waals surface area contributed by atoms with Gasteiger partial charge >= 0.3 is 0 Å². The predicted molar refractivity (Wildman–Crippen MR) is 58.7 cm³/mol. The Morgan fingerprint density at radius 3 is 2.80 bits per heavy atom. The molecule has 0 radical (unpaired) electrons. The second kappa shape index (κ2) is 5.08. The Kier molecular flexibility index (Phi) is 3.51. The summed E-state index contributed by atoms with van der Waals surface area (Å²) < 4.78 is 5.55. The van der Waals surface area contributed by atoms with Gasteiger partial charge in [-0.25, -0.2) is 0 Å². The molecule has 0 aliphatic carbocycles. The Balaban J connectivity index is 1.80. The van der Waals surface area contributed by atoms with Gasteiger partial charge in [0.25, 0.3) is 0 Å². The highest BCUT2D eigenvalue weighted by atomic mass is 16.5. The van der Waals surface area contributed by atoms with E-state index in [2.05, 4.69) is 12.1 Å². The van der Waals surface area contributed by atoms with Crippen molar-refractivity contribution in [3.05, 3.63) is 35.9 Å². The first-order valence-electron chi connectivity index (χ1n) is 5.52. The molecule has 1 aromatic carbocycles. The number of benzene rings is 1. The van der Waals surface area contributed by atoms with Crippen molar-refractivity contribution in [3.63, 3.8) is 0 Å². The molecule has 0 spiro atoms. The third-order valence-corrected chi connectivity index (χ3v) is 2.79. The van der Waals surface area contributed by atoms with E-state index in [9.17, 15) is 4.79 Å². The number of carbonyl (C=O) groups excluding carboxylic acids is 1. The number of Topliss-reactive ketones (excluding diaryl/α,β-unsaturated/α-hetero) is 1. The molecule has 0 saturated carbocycles. The summed E-state index contributed by atoms with van der Waals surface area (Å²) >= 11 is 0. The molecule has 0 aromatic heterocycles. The lowest BCUT2D eigenvalue weighted by Gasteiger charge is -2.21. The summed E-state index contributed by atoms with van der Waals surface area (Å²) in [4.78, 5) is 11.2. The van der Waals surface area contributed by atoms with Crippen LogP contribution in [0, 0.1) is 0 Å². The van der Waals surface area contributed by atoms with Crippen LogP contribution >= 0.6 is 0 Å². The predicted octanol–water partition coefficient (Wildman–Crippen LogP) is 2.37. The van der Waals surface area contributed by atoms with Gasteiger partial charge in [0.1, 0.15) is 5.78 Å². The highest BCUT2D eigenvalue weighted by Crippen LogP contribution is 2.15. The monoisotopic (exact) mass is 204 g/mol. The Morgan fingerprint density at radius 1 is 1.27 bits per heavy atom. The third-order valence-electron chi connectivity index (χ3n) is 2.79. The molecule has 1 aliphatic rings. The maximum Gasteiger partial charge on any atom is 0.137 e. The Morgan fingerprint density at radius 2 is 2.07 bits per heavy atom. The summed E-state index contributed by atoms with van der Waals surface area (Å²) in [5.41, 5.74) is 1.32. The summed E-state index contributed by atoms with van der Waals surface area (Å²) in [7, 11) is 0. The van der Waals surface area contributed by atoms with Gasteiger partial charge in [0.15, 0.2) is 0 Å². The summed E-state index contributed by atoms with van der Waals surface area (Å²) in [6, 6.07) is 10.3. The van der Waals surface area contributed by atoms with Gasteiger partial charge in [0.05, 0.1) is 12.7 Å². The first kappa shape index (κ1) is 10.4. The van der Waals surface area contributed by atoms with Crippen LogP contribution < -0.4 is 0 Å². The second-order valence-corrected chi connectivity index (χ2v) is 4.01. The summed E-state index contributed by atoms with van der Waals surface area (Å²) in [6.07, 6.45) is 3.30. The van der Waals surface area contributed by atoms with Crippen molar-refractivity contribution >= 4 is 5.78 Å². The van der Waals surface area contributed by atoms with Crippen LogP contribution in [0.1, 0.15) is 24.8 Å². The van der Waals surface area contributed by atoms with Crippen LogP contribution in [0.25, 0.3) is 0 Å². The minimum absolute atomic E-state index is 0.145. The molecular formula is C13H16O2. The van der Waals surface area contributed by atoms with E-state index in [1.54, 1.807) is 0 Å². The lowest BCUT2D eigenvalue weighted by Crippen LogP contribution is -2.25. The highest BCUT2D eigenvalue weighted by Gasteiger charge is 2.19. The van der Waals surface area contributed by atoms with E-state index in [1.807, 2.05) is 18.2 Å². The number of ether oxygens (including phenoxy) is 1. The first-order chi connectivity index (χ1) is 7.34. The van der Waals surface area contributed by atoms with E-state index in [1.165, 1.54) is 5.56 Å². The fourth-order valence-corrected chi connectivity index (χ4v) is 1.91. The van der Waals surface area contributed by atoms with Crippen molar-refractivity contribution in [2.45, 2.75) is 31.8 Å². The average Bonchev–Trinajstić information content (AvgIpc) is 2.28. The topological polar surface area (TPSA) is 26.3 Å². The van der Waals surface area contributed by atoms with Gasteiger partial charge in [-0.2, -0.15) is 0 Å². The van der Waals surface area contributed by atoms with Gasteiger partial charge in [-0.1, -0.05) is 30.3 Å². The summed E-state index contributed by atoms with van der Waals surface area (Å²) in [6.45, 7) is 0.609. The van der Waals surface area contributed by atoms with E-state index in [4.69, 9.17) is 4.74 Å². The van der Waals surface area contributed by atoms with Gasteiger partial charge in [0.2, 0.25) is 0 Å². The number of hydrogen-bond donors (Lipinski definition) is 0. The lowest BCUT2D eigenvalue weighted by atomic mass is 10.0. The quantitative estimate of drug-likeness (QED) is 0.755. The zero-order valence-corrected chi connectivity index (χ0v) is 8.82. The van der Waals surface area contributed by atoms with Crippen molar-refractivity contribution in [2.75, 3.05) is 6.61 Å². The molecule has 1 heterocycles. The molecule has 0 bridgehead atoms. The molecule has 80 valence electrons. The molecule has 0 unspecified atom stereocenters. The molecule has 1 saturated heterocycles. The van der Waals surface area contributed by atoms with Gasteiger partial charge in [-0.3, -0.25) is 4.79 Å². The molecule has 1 aliphatic heterocycles. The molecule has 0 amide bonds.